The van der Waals surface area contributed by atoms with Crippen LogP contribution in [0.5, 0.6) is 5.75 Å². The molecule has 0 unspecified atom stereocenters. The van der Waals surface area contributed by atoms with Gasteiger partial charge < -0.3 is 19.4 Å². The van der Waals surface area contributed by atoms with E-state index in [4.69, 9.17) is 26.2 Å². The number of rotatable bonds is 12. The Morgan fingerprint density at radius 2 is 1.82 bits per heavy atom. The van der Waals surface area contributed by atoms with Crippen molar-refractivity contribution >= 4 is 40.9 Å². The number of nitrogens with one attached hydrogen (secondary N) is 1. The number of halogens is 2. The summed E-state index contributed by atoms with van der Waals surface area (Å²) in [7, 11) is 1.97. The third-order valence-electron chi connectivity index (χ3n) is 8.59. The minimum Gasteiger partial charge on any atom is -0.494 e. The molecular weight excluding hydrogens is 609 g/mol. The molecule has 4 aromatic rings. The number of aromatic nitrogens is 3. The molecule has 2 aromatic heterocycles. The molecule has 0 bridgehead atoms. The number of hydrogen-bond donors (Lipinski definition) is 1. The third kappa shape index (κ3) is 7.41. The fourth-order valence-corrected chi connectivity index (χ4v) is 6.47. The van der Waals surface area contributed by atoms with Crippen LogP contribution < -0.4 is 10.1 Å². The Morgan fingerprint density at radius 3 is 2.47 bits per heavy atom. The van der Waals surface area contributed by atoms with E-state index < -0.39 is 0 Å². The molecule has 0 saturated carbocycles. The molecule has 0 amide bonds. The van der Waals surface area contributed by atoms with Crippen molar-refractivity contribution < 1.29 is 14.3 Å². The van der Waals surface area contributed by atoms with Gasteiger partial charge in [0, 0.05) is 73.5 Å². The van der Waals surface area contributed by atoms with E-state index in [1.165, 1.54) is 0 Å². The molecule has 1 aliphatic rings. The number of ether oxygens (including phenoxy) is 2. The van der Waals surface area contributed by atoms with Crippen molar-refractivity contribution in [2.45, 2.75) is 47.1 Å². The second-order valence-corrected chi connectivity index (χ2v) is 12.0. The third-order valence-corrected chi connectivity index (χ3v) is 9.19. The van der Waals surface area contributed by atoms with E-state index >= 15 is 0 Å². The number of nitrogens with zero attached hydrogens (tertiary/aromatic N) is 4. The van der Waals surface area contributed by atoms with Crippen LogP contribution in [0.15, 0.2) is 43.0 Å². The highest BCUT2D eigenvalue weighted by molar-refractivity contribution is 6.32. The number of fused-ring (bicyclic) bond motifs is 1. The lowest BCUT2D eigenvalue weighted by atomic mass is 9.98. The molecule has 0 aliphatic carbocycles. The average Bonchev–Trinajstić information content (AvgIpc) is 3.47. The Morgan fingerprint density at radius 1 is 1.11 bits per heavy atom. The number of aryl methyl sites for hydroxylation is 5. The summed E-state index contributed by atoms with van der Waals surface area (Å²) in [5.41, 5.74) is 8.88. The van der Waals surface area contributed by atoms with Gasteiger partial charge >= 0.3 is 5.97 Å². The molecule has 5 rings (SSSR count). The van der Waals surface area contributed by atoms with Crippen LogP contribution in [0.2, 0.25) is 5.02 Å². The molecule has 1 saturated heterocycles. The standard InChI is InChI=1S/C35H44ClN5O3.ClH/c1-7-19-44-35(42)34-29(12-9-20-43-27-21-23(2)32(36)24(3)22-27)28-10-8-11-30(31-25(4)38-39(6)26(31)5)33(28)41(34)18-17-40-15-13-37-14-16-40;/h7-8,10-11,21-22,37H,1,9,12-20H2,2-6H3;1H. The largest absolute Gasteiger partial charge is 0.494 e. The maximum Gasteiger partial charge on any atom is 0.355 e. The van der Waals surface area contributed by atoms with Gasteiger partial charge in [0.15, 0.2) is 0 Å². The highest BCUT2D eigenvalue weighted by Crippen LogP contribution is 2.38. The van der Waals surface area contributed by atoms with Crippen LogP contribution in [0, 0.1) is 27.7 Å². The molecule has 45 heavy (non-hydrogen) atoms. The first kappa shape index (κ1) is 34.6. The molecule has 0 spiro atoms. The zero-order chi connectivity index (χ0) is 31.4. The summed E-state index contributed by atoms with van der Waals surface area (Å²) in [6, 6.07) is 10.3. The van der Waals surface area contributed by atoms with Crippen molar-refractivity contribution in [3.05, 3.63) is 81.8 Å². The maximum atomic E-state index is 13.8. The molecule has 8 nitrogen and oxygen atoms in total. The van der Waals surface area contributed by atoms with Crippen molar-refractivity contribution in [2.75, 3.05) is 45.9 Å². The van der Waals surface area contributed by atoms with Crippen molar-refractivity contribution in [3.8, 4) is 16.9 Å². The van der Waals surface area contributed by atoms with Crippen LogP contribution in [-0.4, -0.2) is 71.2 Å². The van der Waals surface area contributed by atoms with Gasteiger partial charge in [-0.2, -0.15) is 5.10 Å². The second-order valence-electron chi connectivity index (χ2n) is 11.7. The maximum absolute atomic E-state index is 13.8. The SMILES string of the molecule is C=CCOC(=O)c1c(CCCOc2cc(C)c(Cl)c(C)c2)c2cccc(-c3c(C)nn(C)c3C)c2n1CCN1CCNCC1.Cl. The second kappa shape index (κ2) is 15.3. The summed E-state index contributed by atoms with van der Waals surface area (Å²) in [4.78, 5) is 16.3. The zero-order valence-electron chi connectivity index (χ0n) is 27.0. The predicted molar refractivity (Wildman–Crippen MR) is 185 cm³/mol. The Bertz CT molecular complexity index is 1650. The Balaban J connectivity index is 0.00000461. The fraction of sp³-hybridized carbons (Fsp3) is 0.429. The molecule has 2 aromatic carbocycles. The highest BCUT2D eigenvalue weighted by atomic mass is 35.5. The van der Waals surface area contributed by atoms with Crippen LogP contribution >= 0.6 is 24.0 Å². The van der Waals surface area contributed by atoms with Gasteiger partial charge in [-0.3, -0.25) is 9.58 Å². The van der Waals surface area contributed by atoms with Crippen LogP contribution in [0.25, 0.3) is 22.0 Å². The minimum absolute atomic E-state index is 0. The van der Waals surface area contributed by atoms with Gasteiger partial charge in [0.1, 0.15) is 18.1 Å². The topological polar surface area (TPSA) is 73.5 Å². The fourth-order valence-electron chi connectivity index (χ4n) is 6.36. The first-order chi connectivity index (χ1) is 21.2. The monoisotopic (exact) mass is 653 g/mol. The van der Waals surface area contributed by atoms with E-state index in [9.17, 15) is 4.79 Å². The molecule has 0 radical (unpaired) electrons. The van der Waals surface area contributed by atoms with Gasteiger partial charge in [-0.1, -0.05) is 42.5 Å². The van der Waals surface area contributed by atoms with E-state index in [1.54, 1.807) is 6.08 Å². The van der Waals surface area contributed by atoms with Crippen molar-refractivity contribution in [1.82, 2.24) is 24.6 Å². The lowest BCUT2D eigenvalue weighted by Crippen LogP contribution is -2.44. The summed E-state index contributed by atoms with van der Waals surface area (Å²) in [6.07, 6.45) is 3.01. The molecule has 1 fully saturated rings. The number of esters is 1. The van der Waals surface area contributed by atoms with Gasteiger partial charge in [0.2, 0.25) is 0 Å². The van der Waals surface area contributed by atoms with E-state index in [0.29, 0.717) is 25.3 Å². The normalized spacial score (nSPS) is 13.6. The Hall–Kier alpha value is -3.30. The summed E-state index contributed by atoms with van der Waals surface area (Å²) in [5, 5.41) is 9.99. The number of carbonyl (C=O) groups excluding carboxylic acids is 1. The average molecular weight is 655 g/mol. The summed E-state index contributed by atoms with van der Waals surface area (Å²) in [6.45, 7) is 18.0. The first-order valence-electron chi connectivity index (χ1n) is 15.5. The van der Waals surface area contributed by atoms with Crippen LogP contribution in [0.1, 0.15) is 45.0 Å². The highest BCUT2D eigenvalue weighted by Gasteiger charge is 2.27. The van der Waals surface area contributed by atoms with Crippen LogP contribution in [-0.2, 0) is 24.8 Å². The Labute approximate surface area is 277 Å². The molecule has 10 heteroatoms. The molecule has 3 heterocycles. The number of hydrogen-bond acceptors (Lipinski definition) is 6. The minimum atomic E-state index is -0.327. The summed E-state index contributed by atoms with van der Waals surface area (Å²) >= 11 is 6.37. The van der Waals surface area contributed by atoms with E-state index in [0.717, 1.165) is 100 Å². The summed E-state index contributed by atoms with van der Waals surface area (Å²) in [5.74, 6) is 0.477. The lowest BCUT2D eigenvalue weighted by Gasteiger charge is -2.27. The number of benzene rings is 2. The Kier molecular flexibility index (Phi) is 11.8. The quantitative estimate of drug-likeness (QED) is 0.105. The predicted octanol–water partition coefficient (Wildman–Crippen LogP) is 6.61. The van der Waals surface area contributed by atoms with Crippen molar-refractivity contribution in [1.29, 1.82) is 0 Å². The number of para-hydroxylation sites is 1. The smallest absolute Gasteiger partial charge is 0.355 e. The molecular formula is C35H45Cl2N5O3. The van der Waals surface area contributed by atoms with Gasteiger partial charge in [-0.05, 0) is 69.4 Å². The van der Waals surface area contributed by atoms with Crippen molar-refractivity contribution in [3.63, 3.8) is 0 Å². The lowest BCUT2D eigenvalue weighted by molar-refractivity contribution is 0.0535. The van der Waals surface area contributed by atoms with Gasteiger partial charge in [-0.25, -0.2) is 4.79 Å². The van der Waals surface area contributed by atoms with Crippen molar-refractivity contribution in [2.24, 2.45) is 7.05 Å². The first-order valence-corrected chi connectivity index (χ1v) is 15.8. The van der Waals surface area contributed by atoms with Crippen LogP contribution in [0.4, 0.5) is 0 Å². The molecule has 242 valence electrons. The molecule has 1 aliphatic heterocycles. The molecule has 1 N–H and O–H groups in total. The van der Waals surface area contributed by atoms with E-state index in [2.05, 4.69) is 46.5 Å². The summed E-state index contributed by atoms with van der Waals surface area (Å²) < 4.78 is 16.0. The van der Waals surface area contributed by atoms with Gasteiger partial charge in [0.05, 0.1) is 17.8 Å². The zero-order valence-corrected chi connectivity index (χ0v) is 28.6. The van der Waals surface area contributed by atoms with E-state index in [-0.39, 0.29) is 25.0 Å². The van der Waals surface area contributed by atoms with Gasteiger partial charge in [-0.15, -0.1) is 12.4 Å². The number of piperazine rings is 1. The van der Waals surface area contributed by atoms with Gasteiger partial charge in [0.25, 0.3) is 0 Å². The molecule has 0 atom stereocenters. The number of carbonyl (C=O) groups is 1. The van der Waals surface area contributed by atoms with E-state index in [1.807, 2.05) is 44.6 Å². The van der Waals surface area contributed by atoms with Crippen LogP contribution in [0.3, 0.4) is 0 Å².